The zero-order chi connectivity index (χ0) is 24.8. The fourth-order valence-electron chi connectivity index (χ4n) is 3.42. The molecule has 0 saturated heterocycles. The van der Waals surface area contributed by atoms with E-state index in [1.54, 1.807) is 49.9 Å². The number of nitrogens with zero attached hydrogens (tertiary/aromatic N) is 2. The first-order valence-electron chi connectivity index (χ1n) is 11.3. The Balaban J connectivity index is 1.49. The Labute approximate surface area is 204 Å². The van der Waals surface area contributed by atoms with Crippen molar-refractivity contribution in [3.05, 3.63) is 66.7 Å². The quantitative estimate of drug-likeness (QED) is 0.484. The number of urea groups is 1. The number of pyridine rings is 1. The maximum absolute atomic E-state index is 12.9. The summed E-state index contributed by atoms with van der Waals surface area (Å²) < 4.78 is 16.7. The Hall–Kier alpha value is -4.27. The van der Waals surface area contributed by atoms with Crippen LogP contribution in [0.25, 0.3) is 0 Å². The molecule has 9 heteroatoms. The van der Waals surface area contributed by atoms with Gasteiger partial charge in [-0.3, -0.25) is 4.90 Å². The molecule has 9 nitrogen and oxygen atoms in total. The van der Waals surface area contributed by atoms with Crippen molar-refractivity contribution in [2.24, 2.45) is 0 Å². The molecule has 182 valence electrons. The van der Waals surface area contributed by atoms with Gasteiger partial charge in [0.1, 0.15) is 23.8 Å². The van der Waals surface area contributed by atoms with Gasteiger partial charge in [0.25, 0.3) is 0 Å². The van der Waals surface area contributed by atoms with Gasteiger partial charge in [-0.15, -0.1) is 0 Å². The number of carbonyl (C=O) groups excluding carboxylic acids is 2. The van der Waals surface area contributed by atoms with E-state index in [0.29, 0.717) is 47.7 Å². The predicted octanol–water partition coefficient (Wildman–Crippen LogP) is 4.98. The average molecular weight is 477 g/mol. The highest BCUT2D eigenvalue weighted by Gasteiger charge is 2.26. The van der Waals surface area contributed by atoms with Crippen molar-refractivity contribution >= 4 is 35.0 Å². The first-order valence-corrected chi connectivity index (χ1v) is 11.3. The van der Waals surface area contributed by atoms with E-state index in [4.69, 9.17) is 14.2 Å². The van der Waals surface area contributed by atoms with Crippen LogP contribution in [0, 0.1) is 0 Å². The molecule has 1 aliphatic heterocycles. The molecule has 35 heavy (non-hydrogen) atoms. The fraction of sp³-hybridized carbons (Fsp3) is 0.269. The van der Waals surface area contributed by atoms with Crippen molar-refractivity contribution in [2.75, 3.05) is 35.3 Å². The van der Waals surface area contributed by atoms with Gasteiger partial charge in [-0.2, -0.15) is 0 Å². The summed E-state index contributed by atoms with van der Waals surface area (Å²) in [5.74, 6) is 1.41. The second-order valence-corrected chi connectivity index (χ2v) is 8.81. The SMILES string of the molecule is CC(C)(C)OC(=O)COc1ccccc1Nc1ccc2c(n1)N(C(=O)Nc1ccccc1)CCO2. The number of benzene rings is 2. The largest absolute Gasteiger partial charge is 0.488 e. The van der Waals surface area contributed by atoms with Crippen molar-refractivity contribution < 1.29 is 23.8 Å². The van der Waals surface area contributed by atoms with Gasteiger partial charge in [-0.25, -0.2) is 14.6 Å². The first kappa shape index (κ1) is 23.9. The number of anilines is 4. The molecule has 2 aromatic carbocycles. The molecule has 1 aromatic heterocycles. The van der Waals surface area contributed by atoms with Crippen LogP contribution >= 0.6 is 0 Å². The molecule has 1 aliphatic rings. The summed E-state index contributed by atoms with van der Waals surface area (Å²) in [7, 11) is 0. The molecule has 2 heterocycles. The zero-order valence-corrected chi connectivity index (χ0v) is 19.9. The Morgan fingerprint density at radius 3 is 2.54 bits per heavy atom. The third-order valence-corrected chi connectivity index (χ3v) is 4.85. The van der Waals surface area contributed by atoms with Crippen LogP contribution in [0.2, 0.25) is 0 Å². The first-order chi connectivity index (χ1) is 16.8. The number of aromatic nitrogens is 1. The van der Waals surface area contributed by atoms with Gasteiger partial charge in [0, 0.05) is 5.69 Å². The van der Waals surface area contributed by atoms with E-state index in [-0.39, 0.29) is 12.6 Å². The number of hydrogen-bond acceptors (Lipinski definition) is 7. The molecule has 0 aliphatic carbocycles. The molecule has 0 saturated carbocycles. The fourth-order valence-corrected chi connectivity index (χ4v) is 3.42. The molecule has 0 radical (unpaired) electrons. The highest BCUT2D eigenvalue weighted by Crippen LogP contribution is 2.34. The summed E-state index contributed by atoms with van der Waals surface area (Å²) in [6.45, 7) is 5.90. The van der Waals surface area contributed by atoms with Gasteiger partial charge in [0.2, 0.25) is 0 Å². The minimum absolute atomic E-state index is 0.227. The topological polar surface area (TPSA) is 102 Å². The summed E-state index contributed by atoms with van der Waals surface area (Å²) in [4.78, 5) is 31.2. The van der Waals surface area contributed by atoms with E-state index in [9.17, 15) is 9.59 Å². The lowest BCUT2D eigenvalue weighted by atomic mass is 10.2. The molecule has 2 N–H and O–H groups in total. The molecular weight excluding hydrogens is 448 g/mol. The van der Waals surface area contributed by atoms with Crippen LogP contribution in [0.3, 0.4) is 0 Å². The van der Waals surface area contributed by atoms with Gasteiger partial charge in [0.05, 0.1) is 12.2 Å². The van der Waals surface area contributed by atoms with E-state index in [1.165, 1.54) is 0 Å². The summed E-state index contributed by atoms with van der Waals surface area (Å²) >= 11 is 0. The number of hydrogen-bond donors (Lipinski definition) is 2. The van der Waals surface area contributed by atoms with Crippen LogP contribution in [0.1, 0.15) is 20.8 Å². The van der Waals surface area contributed by atoms with E-state index in [0.717, 1.165) is 0 Å². The summed E-state index contributed by atoms with van der Waals surface area (Å²) in [6.07, 6.45) is 0. The van der Waals surface area contributed by atoms with Gasteiger partial charge < -0.3 is 24.8 Å². The molecule has 4 rings (SSSR count). The number of rotatable bonds is 6. The van der Waals surface area contributed by atoms with E-state index < -0.39 is 11.6 Å². The van der Waals surface area contributed by atoms with Crippen molar-refractivity contribution in [3.8, 4) is 11.5 Å². The molecule has 0 spiro atoms. The highest BCUT2D eigenvalue weighted by atomic mass is 16.6. The van der Waals surface area contributed by atoms with E-state index in [2.05, 4.69) is 15.6 Å². The van der Waals surface area contributed by atoms with Gasteiger partial charge in [-0.1, -0.05) is 30.3 Å². The number of carbonyl (C=O) groups is 2. The van der Waals surface area contributed by atoms with Crippen LogP contribution in [0.4, 0.5) is 27.8 Å². The van der Waals surface area contributed by atoms with Crippen LogP contribution in [-0.4, -0.2) is 42.3 Å². The Kier molecular flexibility index (Phi) is 7.05. The molecule has 3 aromatic rings. The monoisotopic (exact) mass is 476 g/mol. The lowest BCUT2D eigenvalue weighted by Gasteiger charge is -2.29. The maximum Gasteiger partial charge on any atom is 0.344 e. The lowest BCUT2D eigenvalue weighted by Crippen LogP contribution is -2.41. The minimum atomic E-state index is -0.591. The van der Waals surface area contributed by atoms with Gasteiger partial charge >= 0.3 is 12.0 Å². The van der Waals surface area contributed by atoms with Crippen molar-refractivity contribution in [3.63, 3.8) is 0 Å². The second kappa shape index (κ2) is 10.3. The molecule has 0 fully saturated rings. The van der Waals surface area contributed by atoms with Crippen LogP contribution in [-0.2, 0) is 9.53 Å². The number of ether oxygens (including phenoxy) is 3. The Morgan fingerprint density at radius 1 is 1.03 bits per heavy atom. The average Bonchev–Trinajstić information content (AvgIpc) is 2.82. The Morgan fingerprint density at radius 2 is 1.77 bits per heavy atom. The van der Waals surface area contributed by atoms with Gasteiger partial charge in [0.15, 0.2) is 18.2 Å². The van der Waals surface area contributed by atoms with Crippen LogP contribution in [0.5, 0.6) is 11.5 Å². The molecule has 0 unspecified atom stereocenters. The Bertz CT molecular complexity index is 1190. The van der Waals surface area contributed by atoms with Crippen LogP contribution in [0.15, 0.2) is 66.7 Å². The number of amides is 2. The van der Waals surface area contributed by atoms with Crippen molar-refractivity contribution in [1.29, 1.82) is 0 Å². The lowest BCUT2D eigenvalue weighted by molar-refractivity contribution is -0.157. The third kappa shape index (κ3) is 6.41. The second-order valence-electron chi connectivity index (χ2n) is 8.81. The summed E-state index contributed by atoms with van der Waals surface area (Å²) in [5.41, 5.74) is 0.711. The maximum atomic E-state index is 12.9. The van der Waals surface area contributed by atoms with Gasteiger partial charge in [-0.05, 0) is 57.2 Å². The smallest absolute Gasteiger partial charge is 0.344 e. The molecule has 0 atom stereocenters. The summed E-state index contributed by atoms with van der Waals surface area (Å²) in [5, 5.41) is 6.08. The molecule has 0 bridgehead atoms. The number of nitrogens with one attached hydrogen (secondary N) is 2. The van der Waals surface area contributed by atoms with E-state index >= 15 is 0 Å². The van der Waals surface area contributed by atoms with Crippen molar-refractivity contribution in [1.82, 2.24) is 4.98 Å². The normalized spacial score (nSPS) is 12.7. The number of para-hydroxylation sites is 3. The highest BCUT2D eigenvalue weighted by molar-refractivity contribution is 6.02. The summed E-state index contributed by atoms with van der Waals surface area (Å²) in [6, 6.07) is 19.6. The molecule has 2 amide bonds. The zero-order valence-electron chi connectivity index (χ0n) is 19.9. The van der Waals surface area contributed by atoms with E-state index in [1.807, 2.05) is 42.5 Å². The number of fused-ring (bicyclic) bond motifs is 1. The standard InChI is InChI=1S/C26H28N4O5/c1-26(2,3)35-23(31)17-34-20-12-8-7-11-19(20)28-22-14-13-21-24(29-22)30(15-16-33-21)25(32)27-18-9-5-4-6-10-18/h4-14H,15-17H2,1-3H3,(H,27,32)(H,28,29). The predicted molar refractivity (Wildman–Crippen MR) is 134 cm³/mol. The van der Waals surface area contributed by atoms with Crippen LogP contribution < -0.4 is 25.0 Å². The van der Waals surface area contributed by atoms with Crippen molar-refractivity contribution in [2.45, 2.75) is 26.4 Å². The number of esters is 1. The third-order valence-electron chi connectivity index (χ3n) is 4.85. The molecular formula is C26H28N4O5. The minimum Gasteiger partial charge on any atom is -0.488 e.